The molecule has 0 radical (unpaired) electrons. The number of nitrogens with one attached hydrogen (secondary N) is 1. The Morgan fingerprint density at radius 2 is 1.88 bits per heavy atom. The van der Waals surface area contributed by atoms with Gasteiger partial charge >= 0.3 is 0 Å². The summed E-state index contributed by atoms with van der Waals surface area (Å²) in [4.78, 5) is 27.5. The lowest BCUT2D eigenvalue weighted by atomic mass is 10.1. The van der Waals surface area contributed by atoms with Gasteiger partial charge in [-0.25, -0.2) is 9.67 Å². The van der Waals surface area contributed by atoms with Gasteiger partial charge in [0.15, 0.2) is 5.78 Å². The number of nitriles is 1. The number of Topliss-reactive ketones (excluding diaryl/α,β-unsaturated/α-hetero) is 1. The second-order valence-corrected chi connectivity index (χ2v) is 5.62. The van der Waals surface area contributed by atoms with Crippen LogP contribution in [0.1, 0.15) is 28.7 Å². The van der Waals surface area contributed by atoms with Gasteiger partial charge < -0.3 is 5.32 Å². The minimum atomic E-state index is -0.200. The van der Waals surface area contributed by atoms with E-state index in [1.54, 1.807) is 48.5 Å². The lowest BCUT2D eigenvalue weighted by molar-refractivity contribution is -0.115. The van der Waals surface area contributed by atoms with Gasteiger partial charge in [-0.3, -0.25) is 9.59 Å². The summed E-state index contributed by atoms with van der Waals surface area (Å²) in [7, 11) is 0. The molecule has 0 spiro atoms. The number of hydrogen-bond donors (Lipinski definition) is 1. The summed E-state index contributed by atoms with van der Waals surface area (Å²) in [6.45, 7) is 1.50. The minimum Gasteiger partial charge on any atom is -0.324 e. The molecule has 26 heavy (non-hydrogen) atoms. The largest absolute Gasteiger partial charge is 0.324 e. The van der Waals surface area contributed by atoms with E-state index >= 15 is 0 Å². The number of anilines is 1. The maximum atomic E-state index is 12.4. The first-order valence-corrected chi connectivity index (χ1v) is 7.87. The Morgan fingerprint density at radius 1 is 1.15 bits per heavy atom. The number of rotatable bonds is 5. The lowest BCUT2D eigenvalue weighted by Crippen LogP contribution is -2.16. The van der Waals surface area contributed by atoms with E-state index in [2.05, 4.69) is 15.4 Å². The Bertz CT molecular complexity index is 999. The molecule has 1 N–H and O–H groups in total. The molecule has 0 saturated heterocycles. The highest BCUT2D eigenvalue weighted by Gasteiger charge is 2.11. The fourth-order valence-corrected chi connectivity index (χ4v) is 2.45. The van der Waals surface area contributed by atoms with E-state index in [4.69, 9.17) is 5.26 Å². The molecule has 0 aliphatic carbocycles. The third-order valence-electron chi connectivity index (χ3n) is 3.74. The number of carbonyl (C=O) groups excluding carboxylic acids is 2. The highest BCUT2D eigenvalue weighted by atomic mass is 16.1. The summed E-state index contributed by atoms with van der Waals surface area (Å²) in [6.07, 6.45) is 1.59. The van der Waals surface area contributed by atoms with E-state index in [-0.39, 0.29) is 23.9 Å². The van der Waals surface area contributed by atoms with Crippen LogP contribution in [-0.4, -0.2) is 26.5 Å². The average Bonchev–Trinajstić information content (AvgIpc) is 3.11. The minimum absolute atomic E-state index is 0.0144. The van der Waals surface area contributed by atoms with Crippen LogP contribution in [0.25, 0.3) is 5.69 Å². The molecule has 0 fully saturated rings. The number of benzene rings is 2. The zero-order valence-corrected chi connectivity index (χ0v) is 14.0. The number of amides is 1. The van der Waals surface area contributed by atoms with Gasteiger partial charge in [0.05, 0.1) is 17.8 Å². The van der Waals surface area contributed by atoms with Crippen LogP contribution in [0.4, 0.5) is 5.69 Å². The van der Waals surface area contributed by atoms with Gasteiger partial charge in [-0.15, -0.1) is 5.10 Å². The van der Waals surface area contributed by atoms with Crippen LogP contribution in [0.5, 0.6) is 0 Å². The van der Waals surface area contributed by atoms with Gasteiger partial charge in [0.25, 0.3) is 5.82 Å². The van der Waals surface area contributed by atoms with Crippen LogP contribution in [0, 0.1) is 11.3 Å². The second kappa shape index (κ2) is 7.40. The van der Waals surface area contributed by atoms with Crippen molar-refractivity contribution in [3.05, 3.63) is 71.8 Å². The molecule has 0 unspecified atom stereocenters. The van der Waals surface area contributed by atoms with Crippen LogP contribution in [0.2, 0.25) is 0 Å². The van der Waals surface area contributed by atoms with Crippen LogP contribution >= 0.6 is 0 Å². The molecular formula is C19H15N5O2. The smallest absolute Gasteiger partial charge is 0.252 e. The summed E-state index contributed by atoms with van der Waals surface area (Å²) < 4.78 is 1.44. The summed E-state index contributed by atoms with van der Waals surface area (Å²) >= 11 is 0. The molecule has 0 atom stereocenters. The van der Waals surface area contributed by atoms with Gasteiger partial charge in [-0.2, -0.15) is 5.26 Å². The predicted molar refractivity (Wildman–Crippen MR) is 94.9 cm³/mol. The summed E-state index contributed by atoms with van der Waals surface area (Å²) in [5, 5.41) is 15.7. The quantitative estimate of drug-likeness (QED) is 0.716. The van der Waals surface area contributed by atoms with Crippen molar-refractivity contribution in [2.75, 3.05) is 5.32 Å². The van der Waals surface area contributed by atoms with Crippen molar-refractivity contribution in [1.82, 2.24) is 14.8 Å². The van der Waals surface area contributed by atoms with Crippen molar-refractivity contribution < 1.29 is 9.59 Å². The topological polar surface area (TPSA) is 101 Å². The lowest BCUT2D eigenvalue weighted by Gasteiger charge is -2.10. The molecule has 128 valence electrons. The second-order valence-electron chi connectivity index (χ2n) is 5.62. The molecule has 0 bridgehead atoms. The monoisotopic (exact) mass is 345 g/mol. The molecule has 2 aromatic carbocycles. The van der Waals surface area contributed by atoms with Crippen molar-refractivity contribution in [3.8, 4) is 11.8 Å². The first-order chi connectivity index (χ1) is 12.6. The van der Waals surface area contributed by atoms with E-state index in [0.29, 0.717) is 16.9 Å². The third-order valence-corrected chi connectivity index (χ3v) is 3.74. The molecule has 1 aromatic heterocycles. The van der Waals surface area contributed by atoms with E-state index < -0.39 is 0 Å². The van der Waals surface area contributed by atoms with Crippen LogP contribution in [0.15, 0.2) is 54.9 Å². The van der Waals surface area contributed by atoms with E-state index in [1.165, 1.54) is 17.9 Å². The Hall–Kier alpha value is -3.79. The summed E-state index contributed by atoms with van der Waals surface area (Å²) in [5.41, 5.74) is 2.59. The highest BCUT2D eigenvalue weighted by Crippen LogP contribution is 2.19. The van der Waals surface area contributed by atoms with Gasteiger partial charge in [0, 0.05) is 5.56 Å². The number of ketones is 1. The SMILES string of the molecule is CC(=O)c1ccc(CC(=O)Nc2ccccc2-n2cnc(C#N)n2)cc1. The maximum Gasteiger partial charge on any atom is 0.252 e. The standard InChI is InChI=1S/C19H15N5O2/c1-13(25)15-8-6-14(7-9-15)10-19(26)22-16-4-2-3-5-17(16)24-12-21-18(11-20)23-24/h2-9,12H,10H2,1H3,(H,22,26). The number of para-hydroxylation sites is 2. The number of nitrogens with zero attached hydrogens (tertiary/aromatic N) is 4. The Balaban J connectivity index is 1.75. The van der Waals surface area contributed by atoms with Crippen molar-refractivity contribution in [2.24, 2.45) is 0 Å². The van der Waals surface area contributed by atoms with E-state index in [1.807, 2.05) is 6.07 Å². The maximum absolute atomic E-state index is 12.4. The molecule has 0 aliphatic heterocycles. The first kappa shape index (κ1) is 17.0. The Labute approximate surface area is 149 Å². The fraction of sp³-hybridized carbons (Fsp3) is 0.105. The Morgan fingerprint density at radius 3 is 2.54 bits per heavy atom. The molecule has 3 aromatic rings. The molecule has 1 amide bonds. The van der Waals surface area contributed by atoms with Crippen LogP contribution in [-0.2, 0) is 11.2 Å². The third kappa shape index (κ3) is 3.82. The Kier molecular flexibility index (Phi) is 4.85. The first-order valence-electron chi connectivity index (χ1n) is 7.87. The molecule has 0 saturated carbocycles. The van der Waals surface area contributed by atoms with Crippen LogP contribution in [0.3, 0.4) is 0 Å². The predicted octanol–water partition coefficient (Wildman–Crippen LogP) is 2.52. The van der Waals surface area contributed by atoms with Crippen molar-refractivity contribution in [3.63, 3.8) is 0 Å². The zero-order chi connectivity index (χ0) is 18.5. The fourth-order valence-electron chi connectivity index (χ4n) is 2.45. The zero-order valence-electron chi connectivity index (χ0n) is 14.0. The average molecular weight is 345 g/mol. The van der Waals surface area contributed by atoms with E-state index in [9.17, 15) is 9.59 Å². The van der Waals surface area contributed by atoms with Gasteiger partial charge in [-0.05, 0) is 24.6 Å². The van der Waals surface area contributed by atoms with E-state index in [0.717, 1.165) is 5.56 Å². The number of aromatic nitrogens is 3. The van der Waals surface area contributed by atoms with Crippen molar-refractivity contribution in [1.29, 1.82) is 5.26 Å². The van der Waals surface area contributed by atoms with Gasteiger partial charge in [0.1, 0.15) is 12.4 Å². The molecule has 3 rings (SSSR count). The van der Waals surface area contributed by atoms with Gasteiger partial charge in [0.2, 0.25) is 5.91 Å². The number of carbonyl (C=O) groups is 2. The normalized spacial score (nSPS) is 10.2. The highest BCUT2D eigenvalue weighted by molar-refractivity contribution is 5.95. The summed E-state index contributed by atoms with van der Waals surface area (Å²) in [6, 6.07) is 15.9. The molecule has 0 aliphatic rings. The molecule has 7 nitrogen and oxygen atoms in total. The molecule has 1 heterocycles. The van der Waals surface area contributed by atoms with Crippen LogP contribution < -0.4 is 5.32 Å². The molecule has 7 heteroatoms. The van der Waals surface area contributed by atoms with Crippen molar-refractivity contribution in [2.45, 2.75) is 13.3 Å². The van der Waals surface area contributed by atoms with Crippen molar-refractivity contribution >= 4 is 17.4 Å². The summed E-state index contributed by atoms with van der Waals surface area (Å²) in [5.74, 6) is -0.162. The van der Waals surface area contributed by atoms with Gasteiger partial charge in [-0.1, -0.05) is 36.4 Å². The molecular weight excluding hydrogens is 330 g/mol. The number of hydrogen-bond acceptors (Lipinski definition) is 5.